The van der Waals surface area contributed by atoms with Gasteiger partial charge in [-0.2, -0.15) is 0 Å². The van der Waals surface area contributed by atoms with Crippen LogP contribution in [-0.2, 0) is 14.3 Å². The van der Waals surface area contributed by atoms with Crippen molar-refractivity contribution in [2.75, 3.05) is 0 Å². The number of carboxylic acid groups (broad SMARTS) is 1. The SMILES string of the molecule is CCC(CC)OC1CC(Sc2ccc(C)cc2)(C(=O)O)CC([N+](=O)[O-])C1C(=O)Cl. The van der Waals surface area contributed by atoms with E-state index in [9.17, 15) is 24.8 Å². The number of benzene rings is 1. The van der Waals surface area contributed by atoms with E-state index in [2.05, 4.69) is 0 Å². The van der Waals surface area contributed by atoms with Crippen LogP contribution in [0.15, 0.2) is 29.2 Å². The number of carbonyl (C=O) groups is 2. The number of hydrogen-bond donors (Lipinski definition) is 1. The minimum absolute atomic E-state index is 0.0369. The lowest BCUT2D eigenvalue weighted by molar-refractivity contribution is -0.536. The Kier molecular flexibility index (Phi) is 8.08. The van der Waals surface area contributed by atoms with E-state index in [0.717, 1.165) is 17.3 Å². The van der Waals surface area contributed by atoms with Gasteiger partial charge in [-0.25, -0.2) is 0 Å². The average Bonchev–Trinajstić information content (AvgIpc) is 2.67. The number of aliphatic carboxylic acids is 1. The number of halogens is 1. The predicted molar refractivity (Wildman–Crippen MR) is 111 cm³/mol. The number of ether oxygens (including phenoxy) is 1. The fourth-order valence-corrected chi connectivity index (χ4v) is 5.34. The number of nitro groups is 1. The molecular formula is C20H26ClNO6S. The second-order valence-electron chi connectivity index (χ2n) is 7.42. The first-order valence-electron chi connectivity index (χ1n) is 9.60. The van der Waals surface area contributed by atoms with Crippen molar-refractivity contribution in [1.82, 2.24) is 0 Å². The molecule has 0 aromatic heterocycles. The van der Waals surface area contributed by atoms with Crippen molar-refractivity contribution in [2.45, 2.75) is 74.3 Å². The second kappa shape index (κ2) is 9.91. The van der Waals surface area contributed by atoms with Crippen LogP contribution in [0.1, 0.15) is 45.1 Å². The highest BCUT2D eigenvalue weighted by atomic mass is 35.5. The third-order valence-corrected chi connectivity index (χ3v) is 7.08. The standard InChI is InChI=1S/C20H26ClNO6S/c1-4-13(5-2)28-16-11-20(19(24)25,29-14-8-6-12(3)7-9-14)10-15(22(26)27)17(16)18(21)23/h6-9,13,15-17H,4-5,10-11H2,1-3H3,(H,24,25). The highest BCUT2D eigenvalue weighted by Crippen LogP contribution is 2.48. The minimum Gasteiger partial charge on any atom is -0.480 e. The summed E-state index contributed by atoms with van der Waals surface area (Å²) in [5.41, 5.74) is 1.02. The maximum Gasteiger partial charge on any atom is 0.320 e. The smallest absolute Gasteiger partial charge is 0.320 e. The van der Waals surface area contributed by atoms with Gasteiger partial charge in [0, 0.05) is 22.7 Å². The van der Waals surface area contributed by atoms with E-state index in [1.807, 2.05) is 32.9 Å². The summed E-state index contributed by atoms with van der Waals surface area (Å²) in [5.74, 6) is -2.34. The highest BCUT2D eigenvalue weighted by molar-refractivity contribution is 8.01. The highest BCUT2D eigenvalue weighted by Gasteiger charge is 2.58. The largest absolute Gasteiger partial charge is 0.480 e. The Hall–Kier alpha value is -1.64. The van der Waals surface area contributed by atoms with Crippen LogP contribution in [0.4, 0.5) is 0 Å². The van der Waals surface area contributed by atoms with Crippen LogP contribution in [-0.4, -0.2) is 44.2 Å². The molecule has 1 N–H and O–H groups in total. The van der Waals surface area contributed by atoms with E-state index in [1.54, 1.807) is 12.1 Å². The molecule has 29 heavy (non-hydrogen) atoms. The normalized spacial score (nSPS) is 27.0. The van der Waals surface area contributed by atoms with Crippen LogP contribution in [0, 0.1) is 23.0 Å². The fraction of sp³-hybridized carbons (Fsp3) is 0.600. The molecule has 0 saturated heterocycles. The molecule has 4 unspecified atom stereocenters. The first kappa shape index (κ1) is 23.6. The van der Waals surface area contributed by atoms with Gasteiger partial charge < -0.3 is 9.84 Å². The summed E-state index contributed by atoms with van der Waals surface area (Å²) in [4.78, 5) is 36.3. The van der Waals surface area contributed by atoms with Crippen molar-refractivity contribution in [2.24, 2.45) is 5.92 Å². The van der Waals surface area contributed by atoms with E-state index in [-0.39, 0.29) is 18.9 Å². The summed E-state index contributed by atoms with van der Waals surface area (Å²) in [7, 11) is 0. The Morgan fingerprint density at radius 3 is 2.34 bits per heavy atom. The molecule has 1 fully saturated rings. The van der Waals surface area contributed by atoms with E-state index in [0.29, 0.717) is 17.7 Å². The third kappa shape index (κ3) is 5.49. The summed E-state index contributed by atoms with van der Waals surface area (Å²) in [5, 5.41) is 21.0. The molecule has 9 heteroatoms. The van der Waals surface area contributed by atoms with Crippen molar-refractivity contribution in [3.63, 3.8) is 0 Å². The van der Waals surface area contributed by atoms with Crippen molar-refractivity contribution >= 4 is 34.6 Å². The van der Waals surface area contributed by atoms with Gasteiger partial charge in [0.1, 0.15) is 10.7 Å². The monoisotopic (exact) mass is 443 g/mol. The van der Waals surface area contributed by atoms with Gasteiger partial charge in [0.05, 0.1) is 12.2 Å². The summed E-state index contributed by atoms with van der Waals surface area (Å²) in [6, 6.07) is 5.87. The van der Waals surface area contributed by atoms with Crippen molar-refractivity contribution in [3.05, 3.63) is 39.9 Å². The second-order valence-corrected chi connectivity index (χ2v) is 9.25. The Labute approximate surface area is 179 Å². The Morgan fingerprint density at radius 2 is 1.90 bits per heavy atom. The van der Waals surface area contributed by atoms with Gasteiger partial charge in [-0.3, -0.25) is 19.7 Å². The van der Waals surface area contributed by atoms with Gasteiger partial charge in [-0.1, -0.05) is 31.5 Å². The number of aryl methyl sites for hydroxylation is 1. The first-order chi connectivity index (χ1) is 13.6. The van der Waals surface area contributed by atoms with Crippen LogP contribution in [0.2, 0.25) is 0 Å². The zero-order chi connectivity index (χ0) is 21.8. The number of nitrogens with zero attached hydrogens (tertiary/aromatic N) is 1. The lowest BCUT2D eigenvalue weighted by atomic mass is 9.76. The summed E-state index contributed by atoms with van der Waals surface area (Å²) in [6.07, 6.45) is -0.234. The van der Waals surface area contributed by atoms with Gasteiger partial charge >= 0.3 is 5.97 Å². The molecular weight excluding hydrogens is 418 g/mol. The molecule has 0 aliphatic heterocycles. The first-order valence-corrected chi connectivity index (χ1v) is 10.8. The molecule has 0 spiro atoms. The van der Waals surface area contributed by atoms with Crippen LogP contribution in [0.3, 0.4) is 0 Å². The van der Waals surface area contributed by atoms with Crippen LogP contribution in [0.25, 0.3) is 0 Å². The summed E-state index contributed by atoms with van der Waals surface area (Å²) in [6.45, 7) is 5.73. The molecule has 1 aliphatic carbocycles. The van der Waals surface area contributed by atoms with Gasteiger partial charge in [0.15, 0.2) is 0 Å². The molecule has 160 valence electrons. The molecule has 2 rings (SSSR count). The summed E-state index contributed by atoms with van der Waals surface area (Å²) < 4.78 is 4.53. The molecule has 0 radical (unpaired) electrons. The third-order valence-electron chi connectivity index (χ3n) is 5.42. The van der Waals surface area contributed by atoms with E-state index >= 15 is 0 Å². The molecule has 0 heterocycles. The van der Waals surface area contributed by atoms with Gasteiger partial charge in [-0.15, -0.1) is 11.8 Å². The van der Waals surface area contributed by atoms with Crippen LogP contribution in [0.5, 0.6) is 0 Å². The zero-order valence-electron chi connectivity index (χ0n) is 16.7. The van der Waals surface area contributed by atoms with Crippen molar-refractivity contribution in [3.8, 4) is 0 Å². The molecule has 4 atom stereocenters. The van der Waals surface area contributed by atoms with Crippen LogP contribution < -0.4 is 0 Å². The number of rotatable bonds is 9. The quantitative estimate of drug-likeness (QED) is 0.344. The number of carboxylic acids is 1. The number of carbonyl (C=O) groups excluding carboxylic acids is 1. The van der Waals surface area contributed by atoms with E-state index in [4.69, 9.17) is 16.3 Å². The maximum absolute atomic E-state index is 12.3. The lowest BCUT2D eigenvalue weighted by Gasteiger charge is -2.42. The number of hydrogen-bond acceptors (Lipinski definition) is 6. The van der Waals surface area contributed by atoms with Gasteiger partial charge in [0.2, 0.25) is 11.3 Å². The molecule has 7 nitrogen and oxygen atoms in total. The molecule has 1 aromatic rings. The molecule has 0 bridgehead atoms. The van der Waals surface area contributed by atoms with E-state index < -0.39 is 38.9 Å². The predicted octanol–water partition coefficient (Wildman–Crippen LogP) is 4.31. The van der Waals surface area contributed by atoms with E-state index in [1.165, 1.54) is 0 Å². The van der Waals surface area contributed by atoms with Crippen molar-refractivity contribution in [1.29, 1.82) is 0 Å². The van der Waals surface area contributed by atoms with Gasteiger partial charge in [-0.05, 0) is 43.5 Å². The van der Waals surface area contributed by atoms with Crippen molar-refractivity contribution < 1.29 is 24.4 Å². The minimum atomic E-state index is -1.49. The topological polar surface area (TPSA) is 107 Å². The molecule has 1 saturated carbocycles. The summed E-state index contributed by atoms with van der Waals surface area (Å²) >= 11 is 6.80. The van der Waals surface area contributed by atoms with Crippen LogP contribution >= 0.6 is 23.4 Å². The molecule has 1 aliphatic rings. The molecule has 0 amide bonds. The Bertz CT molecular complexity index is 754. The Morgan fingerprint density at radius 1 is 1.31 bits per heavy atom. The fourth-order valence-electron chi connectivity index (χ4n) is 3.75. The average molecular weight is 444 g/mol. The maximum atomic E-state index is 12.3. The zero-order valence-corrected chi connectivity index (χ0v) is 18.2. The van der Waals surface area contributed by atoms with Gasteiger partial charge in [0.25, 0.3) is 0 Å². The Balaban J connectivity index is 2.47. The molecule has 1 aromatic carbocycles. The number of thioether (sulfide) groups is 1. The lowest BCUT2D eigenvalue weighted by Crippen LogP contribution is -2.56.